The maximum absolute atomic E-state index is 11.4. The van der Waals surface area contributed by atoms with Crippen LogP contribution in [0.5, 0.6) is 0 Å². The van der Waals surface area contributed by atoms with Gasteiger partial charge in [0.2, 0.25) is 11.8 Å². The van der Waals surface area contributed by atoms with Gasteiger partial charge in [0.1, 0.15) is 6.04 Å². The van der Waals surface area contributed by atoms with Gasteiger partial charge < -0.3 is 26.6 Å². The third-order valence-electron chi connectivity index (χ3n) is 2.26. The van der Waals surface area contributed by atoms with Gasteiger partial charge in [0.05, 0.1) is 19.2 Å². The summed E-state index contributed by atoms with van der Waals surface area (Å²) in [6.45, 7) is 2.41. The number of carbonyl (C=O) groups is 3. The van der Waals surface area contributed by atoms with E-state index in [1.165, 1.54) is 0 Å². The predicted molar refractivity (Wildman–Crippen MR) is 62.5 cm³/mol. The van der Waals surface area contributed by atoms with Gasteiger partial charge in [0.25, 0.3) is 0 Å². The second kappa shape index (κ2) is 7.62. The number of rotatable bonds is 7. The van der Waals surface area contributed by atoms with Crippen LogP contribution in [0.1, 0.15) is 13.8 Å². The third kappa shape index (κ3) is 5.60. The molecule has 0 aromatic carbocycles. The number of aliphatic hydroxyl groups is 1. The quantitative estimate of drug-likeness (QED) is 0.347. The zero-order valence-electron chi connectivity index (χ0n) is 10.3. The van der Waals surface area contributed by atoms with Crippen LogP contribution < -0.4 is 16.4 Å². The van der Waals surface area contributed by atoms with E-state index in [0.29, 0.717) is 0 Å². The zero-order chi connectivity index (χ0) is 14.3. The average Bonchev–Trinajstić information content (AvgIpc) is 2.31. The van der Waals surface area contributed by atoms with E-state index in [9.17, 15) is 14.4 Å². The summed E-state index contributed by atoms with van der Waals surface area (Å²) in [6, 6.07) is -2.11. The first-order valence-electron chi connectivity index (χ1n) is 5.45. The Labute approximate surface area is 105 Å². The topological polar surface area (TPSA) is 142 Å². The number of carboxylic acid groups (broad SMARTS) is 1. The van der Waals surface area contributed by atoms with Crippen molar-refractivity contribution in [3.05, 3.63) is 0 Å². The van der Waals surface area contributed by atoms with E-state index < -0.39 is 36.5 Å². The molecular weight excluding hydrogens is 242 g/mol. The Kier molecular flexibility index (Phi) is 6.91. The Morgan fingerprint density at radius 3 is 2.22 bits per heavy atom. The minimum Gasteiger partial charge on any atom is -0.480 e. The molecule has 0 heterocycles. The highest BCUT2D eigenvalue weighted by Crippen LogP contribution is 1.97. The Hall–Kier alpha value is -1.67. The first kappa shape index (κ1) is 16.3. The lowest BCUT2D eigenvalue weighted by Gasteiger charge is -2.16. The first-order chi connectivity index (χ1) is 8.29. The number of amides is 2. The maximum Gasteiger partial charge on any atom is 0.328 e. The van der Waals surface area contributed by atoms with Crippen molar-refractivity contribution in [1.82, 2.24) is 10.6 Å². The molecule has 0 aliphatic heterocycles. The summed E-state index contributed by atoms with van der Waals surface area (Å²) in [6.07, 6.45) is 0. The van der Waals surface area contributed by atoms with Crippen LogP contribution in [0.4, 0.5) is 0 Å². The molecule has 8 nitrogen and oxygen atoms in total. The molecule has 0 spiro atoms. The molecule has 0 saturated heterocycles. The molecule has 18 heavy (non-hydrogen) atoms. The van der Waals surface area contributed by atoms with Crippen molar-refractivity contribution < 1.29 is 24.6 Å². The van der Waals surface area contributed by atoms with E-state index in [4.69, 9.17) is 15.9 Å². The summed E-state index contributed by atoms with van der Waals surface area (Å²) in [4.78, 5) is 33.2. The van der Waals surface area contributed by atoms with Crippen LogP contribution in [0.2, 0.25) is 0 Å². The fourth-order valence-corrected chi connectivity index (χ4v) is 1.02. The van der Waals surface area contributed by atoms with Crippen molar-refractivity contribution >= 4 is 17.8 Å². The Balaban J connectivity index is 4.11. The van der Waals surface area contributed by atoms with Crippen molar-refractivity contribution in [1.29, 1.82) is 0 Å². The van der Waals surface area contributed by atoms with Crippen LogP contribution in [-0.4, -0.2) is 53.2 Å². The molecule has 6 N–H and O–H groups in total. The minimum absolute atomic E-state index is 0.0720. The zero-order valence-corrected chi connectivity index (χ0v) is 10.3. The highest BCUT2D eigenvalue weighted by Gasteiger charge is 2.20. The standard InChI is InChI=1S/C10H19N3O5/c1-5(2)8(11)9(16)12-3-7(15)13-6(4-14)10(17)18/h5-6,8,14H,3-4,11H2,1-2H3,(H,12,16)(H,13,15)(H,17,18)/t6?,8-/m0/s1. The van der Waals surface area contributed by atoms with Gasteiger partial charge in [-0.2, -0.15) is 0 Å². The minimum atomic E-state index is -1.38. The highest BCUT2D eigenvalue weighted by atomic mass is 16.4. The van der Waals surface area contributed by atoms with Crippen molar-refractivity contribution in [2.75, 3.05) is 13.2 Å². The van der Waals surface area contributed by atoms with E-state index >= 15 is 0 Å². The van der Waals surface area contributed by atoms with Crippen molar-refractivity contribution in [3.63, 3.8) is 0 Å². The first-order valence-corrected chi connectivity index (χ1v) is 5.45. The van der Waals surface area contributed by atoms with Gasteiger partial charge in [-0.05, 0) is 5.92 Å². The van der Waals surface area contributed by atoms with Gasteiger partial charge in [-0.25, -0.2) is 4.79 Å². The van der Waals surface area contributed by atoms with Gasteiger partial charge in [0, 0.05) is 0 Å². The number of aliphatic carboxylic acids is 1. The molecule has 0 radical (unpaired) electrons. The van der Waals surface area contributed by atoms with E-state index in [1.54, 1.807) is 13.8 Å². The molecule has 0 aromatic rings. The summed E-state index contributed by atoms with van der Waals surface area (Å²) < 4.78 is 0. The molecule has 0 fully saturated rings. The molecule has 0 bridgehead atoms. The van der Waals surface area contributed by atoms with Crippen molar-refractivity contribution in [2.24, 2.45) is 11.7 Å². The normalized spacial score (nSPS) is 13.8. The van der Waals surface area contributed by atoms with E-state index in [0.717, 1.165) is 0 Å². The van der Waals surface area contributed by atoms with Gasteiger partial charge in [0.15, 0.2) is 0 Å². The van der Waals surface area contributed by atoms with Crippen LogP contribution in [0.25, 0.3) is 0 Å². The van der Waals surface area contributed by atoms with Gasteiger partial charge >= 0.3 is 5.97 Å². The molecule has 0 aromatic heterocycles. The Bertz CT molecular complexity index is 319. The van der Waals surface area contributed by atoms with Gasteiger partial charge in [-0.15, -0.1) is 0 Å². The average molecular weight is 261 g/mol. The second-order valence-corrected chi connectivity index (χ2v) is 4.13. The summed E-state index contributed by atoms with van der Waals surface area (Å²) in [5.41, 5.74) is 5.54. The summed E-state index contributed by atoms with van der Waals surface area (Å²) in [7, 11) is 0. The second-order valence-electron chi connectivity index (χ2n) is 4.13. The molecule has 2 amide bonds. The smallest absolute Gasteiger partial charge is 0.328 e. The Morgan fingerprint density at radius 1 is 1.28 bits per heavy atom. The van der Waals surface area contributed by atoms with Gasteiger partial charge in [-0.3, -0.25) is 9.59 Å². The number of hydrogen-bond donors (Lipinski definition) is 5. The van der Waals surface area contributed by atoms with Crippen LogP contribution in [0.15, 0.2) is 0 Å². The number of nitrogens with one attached hydrogen (secondary N) is 2. The maximum atomic E-state index is 11.4. The SMILES string of the molecule is CC(C)[C@H](N)C(=O)NCC(=O)NC(CO)C(=O)O. The summed E-state index contributed by atoms with van der Waals surface area (Å²) >= 11 is 0. The summed E-state index contributed by atoms with van der Waals surface area (Å²) in [5, 5.41) is 21.6. The number of hydrogen-bond acceptors (Lipinski definition) is 5. The molecule has 0 aliphatic carbocycles. The lowest BCUT2D eigenvalue weighted by molar-refractivity contribution is -0.142. The van der Waals surface area contributed by atoms with Crippen LogP contribution in [0, 0.1) is 5.92 Å². The number of carbonyl (C=O) groups excluding carboxylic acids is 2. The molecule has 0 saturated carbocycles. The molecule has 0 rings (SSSR count). The van der Waals surface area contributed by atoms with E-state index in [1.807, 2.05) is 5.32 Å². The van der Waals surface area contributed by atoms with Gasteiger partial charge in [-0.1, -0.05) is 13.8 Å². The molecule has 0 aliphatic rings. The van der Waals surface area contributed by atoms with Crippen LogP contribution in [-0.2, 0) is 14.4 Å². The molecular formula is C10H19N3O5. The summed E-state index contributed by atoms with van der Waals surface area (Å²) in [5.74, 6) is -2.62. The monoisotopic (exact) mass is 261 g/mol. The van der Waals surface area contributed by atoms with Crippen LogP contribution >= 0.6 is 0 Å². The fraction of sp³-hybridized carbons (Fsp3) is 0.700. The molecule has 1 unspecified atom stereocenters. The molecule has 8 heteroatoms. The number of aliphatic hydroxyl groups excluding tert-OH is 1. The van der Waals surface area contributed by atoms with Crippen LogP contribution in [0.3, 0.4) is 0 Å². The number of nitrogens with two attached hydrogens (primary N) is 1. The third-order valence-corrected chi connectivity index (χ3v) is 2.26. The Morgan fingerprint density at radius 2 is 1.83 bits per heavy atom. The molecule has 2 atom stereocenters. The van der Waals surface area contributed by atoms with E-state index in [2.05, 4.69) is 5.32 Å². The lowest BCUT2D eigenvalue weighted by Crippen LogP contribution is -2.50. The van der Waals surface area contributed by atoms with E-state index in [-0.39, 0.29) is 12.5 Å². The molecule has 104 valence electrons. The highest BCUT2D eigenvalue weighted by molar-refractivity contribution is 5.89. The number of carboxylic acids is 1. The predicted octanol–water partition coefficient (Wildman–Crippen LogP) is -2.35. The fourth-order valence-electron chi connectivity index (χ4n) is 1.02. The van der Waals surface area contributed by atoms with Crippen molar-refractivity contribution in [3.8, 4) is 0 Å². The largest absolute Gasteiger partial charge is 0.480 e. The lowest BCUT2D eigenvalue weighted by atomic mass is 10.1. The van der Waals surface area contributed by atoms with Crippen molar-refractivity contribution in [2.45, 2.75) is 25.9 Å².